The van der Waals surface area contributed by atoms with Gasteiger partial charge in [-0.05, 0) is 30.5 Å². The van der Waals surface area contributed by atoms with E-state index in [-0.39, 0.29) is 11.2 Å². The van der Waals surface area contributed by atoms with Crippen molar-refractivity contribution in [3.63, 3.8) is 0 Å². The molecule has 0 unspecified atom stereocenters. The van der Waals surface area contributed by atoms with Gasteiger partial charge in [0, 0.05) is 10.7 Å². The highest BCUT2D eigenvalue weighted by Gasteiger charge is 2.43. The third-order valence-electron chi connectivity index (χ3n) is 2.87. The summed E-state index contributed by atoms with van der Waals surface area (Å²) in [4.78, 5) is 0. The molecule has 1 aromatic carbocycles. The van der Waals surface area contributed by atoms with Crippen LogP contribution in [-0.4, -0.2) is 12.4 Å². The lowest BCUT2D eigenvalue weighted by molar-refractivity contribution is 0.385. The van der Waals surface area contributed by atoms with Gasteiger partial charge in [-0.3, -0.25) is 0 Å². The van der Waals surface area contributed by atoms with E-state index in [9.17, 15) is 4.39 Å². The smallest absolute Gasteiger partial charge is 0.165 e. The maximum Gasteiger partial charge on any atom is 0.165 e. The molecule has 76 valence electrons. The van der Waals surface area contributed by atoms with Crippen LogP contribution in [0.4, 0.5) is 4.39 Å². The van der Waals surface area contributed by atoms with Crippen LogP contribution >= 0.6 is 15.9 Å². The van der Waals surface area contributed by atoms with Gasteiger partial charge in [0.1, 0.15) is 0 Å². The molecule has 0 bridgehead atoms. The Kier molecular flexibility index (Phi) is 2.52. The molecule has 1 aromatic rings. The van der Waals surface area contributed by atoms with Gasteiger partial charge in [0.05, 0.1) is 7.11 Å². The van der Waals surface area contributed by atoms with Crippen LogP contribution in [0.1, 0.15) is 18.4 Å². The molecule has 1 saturated carbocycles. The molecule has 0 spiro atoms. The van der Waals surface area contributed by atoms with Crippen LogP contribution in [0.2, 0.25) is 0 Å². The highest BCUT2D eigenvalue weighted by atomic mass is 79.9. The summed E-state index contributed by atoms with van der Waals surface area (Å²) >= 11 is 3.50. The number of halogens is 2. The largest absolute Gasteiger partial charge is 0.494 e. The molecule has 0 saturated heterocycles. The first-order chi connectivity index (χ1) is 6.72. The fourth-order valence-corrected chi connectivity index (χ4v) is 2.52. The van der Waals surface area contributed by atoms with Crippen LogP contribution in [-0.2, 0) is 5.41 Å². The fraction of sp³-hybridized carbons (Fsp3) is 0.455. The second-order valence-electron chi connectivity index (χ2n) is 3.76. The number of rotatable bonds is 3. The highest BCUT2D eigenvalue weighted by Crippen LogP contribution is 2.50. The van der Waals surface area contributed by atoms with Crippen molar-refractivity contribution < 1.29 is 9.13 Å². The van der Waals surface area contributed by atoms with E-state index in [1.165, 1.54) is 31.6 Å². The van der Waals surface area contributed by atoms with Crippen molar-refractivity contribution >= 4 is 15.9 Å². The molecule has 0 radical (unpaired) electrons. The molecular weight excluding hydrogens is 247 g/mol. The number of methoxy groups -OCH3 is 1. The average Bonchev–Trinajstić information content (AvgIpc) is 2.99. The summed E-state index contributed by atoms with van der Waals surface area (Å²) in [5, 5.41) is 0.939. The van der Waals surface area contributed by atoms with E-state index in [0.29, 0.717) is 5.75 Å². The maximum atomic E-state index is 13.1. The highest BCUT2D eigenvalue weighted by molar-refractivity contribution is 9.09. The summed E-state index contributed by atoms with van der Waals surface area (Å²) in [5.74, 6) is 0.0522. The van der Waals surface area contributed by atoms with E-state index in [4.69, 9.17) is 4.74 Å². The minimum atomic E-state index is -0.290. The van der Waals surface area contributed by atoms with E-state index >= 15 is 0 Å². The predicted molar refractivity (Wildman–Crippen MR) is 57.7 cm³/mol. The van der Waals surface area contributed by atoms with Crippen molar-refractivity contribution in [1.29, 1.82) is 0 Å². The summed E-state index contributed by atoms with van der Waals surface area (Å²) in [6, 6.07) is 5.15. The van der Waals surface area contributed by atoms with Gasteiger partial charge in [-0.2, -0.15) is 0 Å². The van der Waals surface area contributed by atoms with E-state index in [1.54, 1.807) is 0 Å². The van der Waals surface area contributed by atoms with E-state index in [2.05, 4.69) is 15.9 Å². The molecule has 0 aliphatic heterocycles. The normalized spacial score (nSPS) is 17.9. The number of ether oxygens (including phenoxy) is 1. The SMILES string of the molecule is COc1cc(C2(CBr)CC2)ccc1F. The van der Waals surface area contributed by atoms with E-state index < -0.39 is 0 Å². The second kappa shape index (κ2) is 3.54. The Labute approximate surface area is 91.4 Å². The van der Waals surface area contributed by atoms with Gasteiger partial charge in [0.25, 0.3) is 0 Å². The first-order valence-corrected chi connectivity index (χ1v) is 5.74. The topological polar surface area (TPSA) is 9.23 Å². The van der Waals surface area contributed by atoms with Crippen molar-refractivity contribution in [3.8, 4) is 5.75 Å². The van der Waals surface area contributed by atoms with Crippen LogP contribution in [0.3, 0.4) is 0 Å². The molecule has 0 N–H and O–H groups in total. The molecule has 2 rings (SSSR count). The van der Waals surface area contributed by atoms with Crippen molar-refractivity contribution in [3.05, 3.63) is 29.6 Å². The Bertz CT molecular complexity index is 347. The Balaban J connectivity index is 2.36. The lowest BCUT2D eigenvalue weighted by Gasteiger charge is -2.13. The fourth-order valence-electron chi connectivity index (χ4n) is 1.64. The van der Waals surface area contributed by atoms with E-state index in [1.807, 2.05) is 12.1 Å². The molecule has 14 heavy (non-hydrogen) atoms. The van der Waals surface area contributed by atoms with Crippen LogP contribution in [0.25, 0.3) is 0 Å². The number of benzene rings is 1. The van der Waals surface area contributed by atoms with Crippen molar-refractivity contribution in [2.45, 2.75) is 18.3 Å². The maximum absolute atomic E-state index is 13.1. The van der Waals surface area contributed by atoms with Gasteiger partial charge >= 0.3 is 0 Å². The summed E-state index contributed by atoms with van der Waals surface area (Å²) in [6.45, 7) is 0. The van der Waals surface area contributed by atoms with Crippen molar-refractivity contribution in [2.24, 2.45) is 0 Å². The quantitative estimate of drug-likeness (QED) is 0.757. The van der Waals surface area contributed by atoms with E-state index in [0.717, 1.165) is 5.33 Å². The van der Waals surface area contributed by atoms with Crippen LogP contribution in [0.5, 0.6) is 5.75 Å². The third kappa shape index (κ3) is 1.54. The molecule has 0 aromatic heterocycles. The Morgan fingerprint density at radius 3 is 2.71 bits per heavy atom. The molecule has 1 nitrogen and oxygen atoms in total. The monoisotopic (exact) mass is 258 g/mol. The van der Waals surface area contributed by atoms with Gasteiger partial charge in [0.15, 0.2) is 11.6 Å². The molecule has 3 heteroatoms. The molecule has 0 amide bonds. The van der Waals surface area contributed by atoms with Gasteiger partial charge in [-0.1, -0.05) is 22.0 Å². The third-order valence-corrected chi connectivity index (χ3v) is 3.95. The second-order valence-corrected chi connectivity index (χ2v) is 4.32. The Morgan fingerprint density at radius 2 is 2.21 bits per heavy atom. The molecule has 0 atom stereocenters. The number of hydrogen-bond acceptors (Lipinski definition) is 1. The Morgan fingerprint density at radius 1 is 1.50 bits per heavy atom. The lowest BCUT2D eigenvalue weighted by Crippen LogP contribution is -2.08. The zero-order valence-electron chi connectivity index (χ0n) is 8.02. The average molecular weight is 259 g/mol. The standard InChI is InChI=1S/C11H12BrFO/c1-14-10-6-8(2-3-9(10)13)11(7-12)4-5-11/h2-3,6H,4-5,7H2,1H3. The zero-order chi connectivity index (χ0) is 10.2. The summed E-state index contributed by atoms with van der Waals surface area (Å²) in [7, 11) is 1.50. The lowest BCUT2D eigenvalue weighted by atomic mass is 9.98. The first-order valence-electron chi connectivity index (χ1n) is 4.62. The summed E-state index contributed by atoms with van der Waals surface area (Å²) in [5.41, 5.74) is 1.41. The van der Waals surface area contributed by atoms with Gasteiger partial charge in [-0.25, -0.2) is 4.39 Å². The molecule has 1 aliphatic carbocycles. The van der Waals surface area contributed by atoms with Crippen LogP contribution < -0.4 is 4.74 Å². The molecule has 1 fully saturated rings. The predicted octanol–water partition coefficient (Wildman–Crippen LogP) is 3.26. The van der Waals surface area contributed by atoms with Crippen molar-refractivity contribution in [2.75, 3.05) is 12.4 Å². The minimum absolute atomic E-state index is 0.237. The Hall–Kier alpha value is -0.570. The van der Waals surface area contributed by atoms with Gasteiger partial charge in [-0.15, -0.1) is 0 Å². The zero-order valence-corrected chi connectivity index (χ0v) is 9.60. The molecular formula is C11H12BrFO. The first kappa shape index (κ1) is 9.97. The van der Waals surface area contributed by atoms with Gasteiger partial charge < -0.3 is 4.74 Å². The summed E-state index contributed by atoms with van der Waals surface area (Å²) < 4.78 is 18.1. The van der Waals surface area contributed by atoms with Crippen LogP contribution in [0.15, 0.2) is 18.2 Å². The van der Waals surface area contributed by atoms with Gasteiger partial charge in [0.2, 0.25) is 0 Å². The van der Waals surface area contributed by atoms with Crippen LogP contribution in [0, 0.1) is 5.82 Å². The number of hydrogen-bond donors (Lipinski definition) is 0. The van der Waals surface area contributed by atoms with Crippen molar-refractivity contribution in [1.82, 2.24) is 0 Å². The molecule has 0 heterocycles. The molecule has 1 aliphatic rings. The minimum Gasteiger partial charge on any atom is -0.494 e. The number of alkyl halides is 1. The summed E-state index contributed by atoms with van der Waals surface area (Å²) in [6.07, 6.45) is 2.35.